The Kier molecular flexibility index (Phi) is 4.81. The molecule has 2 aromatic rings. The Morgan fingerprint density at radius 1 is 1.39 bits per heavy atom. The molecule has 0 saturated carbocycles. The van der Waals surface area contributed by atoms with Crippen LogP contribution < -0.4 is 0 Å². The number of rotatable bonds is 6. The highest BCUT2D eigenvalue weighted by Gasteiger charge is 2.24. The zero-order valence-electron chi connectivity index (χ0n) is 13.1. The number of nitro groups is 1. The summed E-state index contributed by atoms with van der Waals surface area (Å²) in [5.74, 6) is 0. The molecule has 0 aliphatic heterocycles. The minimum atomic E-state index is -3.82. The molecule has 124 valence electrons. The maximum atomic E-state index is 12.6. The normalized spacial score (nSPS) is 11.8. The number of hydrogen-bond acceptors (Lipinski definition) is 5. The highest BCUT2D eigenvalue weighted by molar-refractivity contribution is 7.89. The largest absolute Gasteiger partial charge is 0.270 e. The van der Waals surface area contributed by atoms with E-state index in [9.17, 15) is 18.5 Å². The van der Waals surface area contributed by atoms with Crippen LogP contribution in [-0.2, 0) is 23.1 Å². The number of sulfonamides is 1. The minimum Gasteiger partial charge on any atom is -0.270 e. The molecule has 0 amide bonds. The van der Waals surface area contributed by atoms with Crippen molar-refractivity contribution in [1.29, 1.82) is 0 Å². The summed E-state index contributed by atoms with van der Waals surface area (Å²) in [4.78, 5) is 10.1. The molecule has 0 fully saturated rings. The van der Waals surface area contributed by atoms with Crippen molar-refractivity contribution in [1.82, 2.24) is 14.1 Å². The number of aromatic nitrogens is 2. The molecule has 0 spiro atoms. The summed E-state index contributed by atoms with van der Waals surface area (Å²) in [6, 6.07) is 5.03. The molecule has 23 heavy (non-hydrogen) atoms. The number of non-ortho nitro benzene ring substituents is 1. The lowest BCUT2D eigenvalue weighted by Gasteiger charge is -2.17. The van der Waals surface area contributed by atoms with Crippen LogP contribution in [0.5, 0.6) is 0 Å². The third-order valence-electron chi connectivity index (χ3n) is 3.63. The van der Waals surface area contributed by atoms with Crippen LogP contribution in [-0.4, -0.2) is 34.5 Å². The molecular weight excluding hydrogens is 320 g/mol. The number of benzene rings is 1. The van der Waals surface area contributed by atoms with Crippen molar-refractivity contribution in [3.05, 3.63) is 51.8 Å². The summed E-state index contributed by atoms with van der Waals surface area (Å²) in [5, 5.41) is 15.0. The molecule has 8 nitrogen and oxygen atoms in total. The van der Waals surface area contributed by atoms with Gasteiger partial charge in [0.15, 0.2) is 0 Å². The van der Waals surface area contributed by atoms with Crippen LogP contribution in [0.15, 0.2) is 35.4 Å². The van der Waals surface area contributed by atoms with Gasteiger partial charge in [-0.25, -0.2) is 8.42 Å². The predicted molar refractivity (Wildman–Crippen MR) is 84.4 cm³/mol. The Labute approximate surface area is 134 Å². The first-order valence-corrected chi connectivity index (χ1v) is 8.43. The van der Waals surface area contributed by atoms with Gasteiger partial charge in [-0.2, -0.15) is 9.40 Å². The van der Waals surface area contributed by atoms with Crippen molar-refractivity contribution in [3.8, 4) is 0 Å². The second kappa shape index (κ2) is 6.47. The van der Waals surface area contributed by atoms with Crippen molar-refractivity contribution < 1.29 is 13.3 Å². The molecule has 0 aliphatic rings. The third kappa shape index (κ3) is 3.40. The van der Waals surface area contributed by atoms with Gasteiger partial charge in [0.1, 0.15) is 0 Å². The third-order valence-corrected chi connectivity index (χ3v) is 5.43. The van der Waals surface area contributed by atoms with Crippen LogP contribution in [0.3, 0.4) is 0 Å². The van der Waals surface area contributed by atoms with Gasteiger partial charge in [0.2, 0.25) is 10.0 Å². The van der Waals surface area contributed by atoms with E-state index in [1.165, 1.54) is 25.2 Å². The van der Waals surface area contributed by atoms with Gasteiger partial charge in [0.05, 0.1) is 16.0 Å². The van der Waals surface area contributed by atoms with Gasteiger partial charge in [-0.1, -0.05) is 6.07 Å². The molecule has 0 N–H and O–H groups in total. The van der Waals surface area contributed by atoms with Crippen LogP contribution in [0.2, 0.25) is 0 Å². The van der Waals surface area contributed by atoms with E-state index >= 15 is 0 Å². The van der Waals surface area contributed by atoms with E-state index in [0.717, 1.165) is 21.6 Å². The lowest BCUT2D eigenvalue weighted by Crippen LogP contribution is -2.26. The fraction of sp³-hybridized carbons (Fsp3) is 0.357. The first kappa shape index (κ1) is 17.1. The molecule has 0 atom stereocenters. The van der Waals surface area contributed by atoms with Gasteiger partial charge in [0, 0.05) is 43.5 Å². The standard InChI is InChI=1S/C14H18N4O4S/c1-4-17-11(2)12(9-15-17)10-16(3)23(21,22)14-7-5-6-13(8-14)18(19)20/h5-9H,4,10H2,1-3H3. The van der Waals surface area contributed by atoms with Gasteiger partial charge < -0.3 is 0 Å². The number of aryl methyl sites for hydroxylation is 1. The Bertz CT molecular complexity index is 829. The maximum absolute atomic E-state index is 12.6. The molecule has 0 bridgehead atoms. The monoisotopic (exact) mass is 338 g/mol. The Balaban J connectivity index is 2.30. The zero-order valence-corrected chi connectivity index (χ0v) is 13.9. The number of hydrogen-bond donors (Lipinski definition) is 0. The van der Waals surface area contributed by atoms with Crippen molar-refractivity contribution in [2.45, 2.75) is 31.8 Å². The van der Waals surface area contributed by atoms with Crippen molar-refractivity contribution in [2.75, 3.05) is 7.05 Å². The van der Waals surface area contributed by atoms with E-state index in [1.807, 2.05) is 13.8 Å². The van der Waals surface area contributed by atoms with Gasteiger partial charge in [-0.3, -0.25) is 14.8 Å². The summed E-state index contributed by atoms with van der Waals surface area (Å²) in [6.45, 7) is 4.68. The van der Waals surface area contributed by atoms with E-state index in [0.29, 0.717) is 6.54 Å². The Hall–Kier alpha value is -2.26. The van der Waals surface area contributed by atoms with Crippen LogP contribution >= 0.6 is 0 Å². The molecule has 0 radical (unpaired) electrons. The van der Waals surface area contributed by atoms with Gasteiger partial charge in [-0.15, -0.1) is 0 Å². The zero-order chi connectivity index (χ0) is 17.2. The average Bonchev–Trinajstić information content (AvgIpc) is 2.87. The summed E-state index contributed by atoms with van der Waals surface area (Å²) in [6.07, 6.45) is 1.64. The van der Waals surface area contributed by atoms with Gasteiger partial charge in [0.25, 0.3) is 5.69 Å². The molecule has 0 saturated heterocycles. The first-order valence-electron chi connectivity index (χ1n) is 6.99. The Morgan fingerprint density at radius 3 is 2.65 bits per heavy atom. The first-order chi connectivity index (χ1) is 10.8. The average molecular weight is 338 g/mol. The summed E-state index contributed by atoms with van der Waals surface area (Å²) in [5.41, 5.74) is 1.44. The van der Waals surface area contributed by atoms with Crippen molar-refractivity contribution >= 4 is 15.7 Å². The molecule has 1 heterocycles. The molecule has 1 aromatic heterocycles. The van der Waals surface area contributed by atoms with E-state index in [4.69, 9.17) is 0 Å². The van der Waals surface area contributed by atoms with Crippen molar-refractivity contribution in [2.24, 2.45) is 0 Å². The molecule has 2 rings (SSSR count). The van der Waals surface area contributed by atoms with Crippen molar-refractivity contribution in [3.63, 3.8) is 0 Å². The molecule has 0 unspecified atom stereocenters. The quantitative estimate of drug-likeness (QED) is 0.592. The highest BCUT2D eigenvalue weighted by Crippen LogP contribution is 2.22. The highest BCUT2D eigenvalue weighted by atomic mass is 32.2. The number of nitro benzene ring substituents is 1. The second-order valence-electron chi connectivity index (χ2n) is 5.09. The minimum absolute atomic E-state index is 0.102. The lowest BCUT2D eigenvalue weighted by atomic mass is 10.2. The summed E-state index contributed by atoms with van der Waals surface area (Å²) < 4.78 is 28.1. The van der Waals surface area contributed by atoms with E-state index in [2.05, 4.69) is 5.10 Å². The molecule has 0 aliphatic carbocycles. The SMILES string of the molecule is CCn1ncc(CN(C)S(=O)(=O)c2cccc([N+](=O)[O-])c2)c1C. The number of nitrogens with zero attached hydrogens (tertiary/aromatic N) is 4. The molecule has 9 heteroatoms. The second-order valence-corrected chi connectivity index (χ2v) is 7.13. The fourth-order valence-corrected chi connectivity index (χ4v) is 3.41. The predicted octanol–water partition coefficient (Wildman–Crippen LogP) is 1.94. The molecular formula is C14H18N4O4S. The van der Waals surface area contributed by atoms with Crippen LogP contribution in [0.25, 0.3) is 0 Å². The van der Waals surface area contributed by atoms with E-state index in [1.54, 1.807) is 10.9 Å². The molecule has 1 aromatic carbocycles. The van der Waals surface area contributed by atoms with E-state index < -0.39 is 14.9 Å². The summed E-state index contributed by atoms with van der Waals surface area (Å²) in [7, 11) is -2.37. The topological polar surface area (TPSA) is 98.3 Å². The maximum Gasteiger partial charge on any atom is 0.270 e. The summed E-state index contributed by atoms with van der Waals surface area (Å²) >= 11 is 0. The van der Waals surface area contributed by atoms with Crippen LogP contribution in [0.4, 0.5) is 5.69 Å². The van der Waals surface area contributed by atoms with Gasteiger partial charge in [-0.05, 0) is 19.9 Å². The van der Waals surface area contributed by atoms with Crippen LogP contribution in [0.1, 0.15) is 18.2 Å². The van der Waals surface area contributed by atoms with E-state index in [-0.39, 0.29) is 17.1 Å². The Morgan fingerprint density at radius 2 is 2.09 bits per heavy atom. The smallest absolute Gasteiger partial charge is 0.270 e. The van der Waals surface area contributed by atoms with Crippen LogP contribution in [0, 0.1) is 17.0 Å². The fourth-order valence-electron chi connectivity index (χ4n) is 2.22. The lowest BCUT2D eigenvalue weighted by molar-refractivity contribution is -0.385. The van der Waals surface area contributed by atoms with Gasteiger partial charge >= 0.3 is 0 Å².